The molecule has 1 aromatic heterocycles. The van der Waals surface area contributed by atoms with E-state index >= 15 is 8.78 Å². The molecule has 2 aliphatic heterocycles. The predicted molar refractivity (Wildman–Crippen MR) is 153 cm³/mol. The first kappa shape index (κ1) is 31.0. The van der Waals surface area contributed by atoms with Crippen LogP contribution in [0.25, 0.3) is 0 Å². The van der Waals surface area contributed by atoms with Crippen LogP contribution in [0.4, 0.5) is 23.4 Å². The standard InChI is InChI=1S/C31H32F4N4O5/c1-38-10-8-17(9-11-38)25-14-21(43-3)15-26(36-25)39-16-22(27-23(32)12-20(42-2)13-24(27)33)28(30(39)41)37-29(40)18-4-6-19(7-5-18)44-31(34)35/h4-7,12-15,17,22,28,31H,8-11,16H2,1-3H3,(H,37,40)/t22-,28-/m0/s1. The molecule has 234 valence electrons. The number of benzene rings is 2. The van der Waals surface area contributed by atoms with Crippen molar-refractivity contribution in [1.29, 1.82) is 0 Å². The second kappa shape index (κ2) is 13.1. The van der Waals surface area contributed by atoms with Crippen molar-refractivity contribution in [2.75, 3.05) is 45.8 Å². The summed E-state index contributed by atoms with van der Waals surface area (Å²) in [7, 11) is 4.81. The van der Waals surface area contributed by atoms with Crippen LogP contribution in [-0.2, 0) is 4.79 Å². The van der Waals surface area contributed by atoms with E-state index in [1.807, 2.05) is 13.1 Å². The molecule has 2 atom stereocenters. The van der Waals surface area contributed by atoms with E-state index in [9.17, 15) is 18.4 Å². The summed E-state index contributed by atoms with van der Waals surface area (Å²) in [6.45, 7) is -1.48. The zero-order valence-corrected chi connectivity index (χ0v) is 24.4. The van der Waals surface area contributed by atoms with Gasteiger partial charge in [0.2, 0.25) is 0 Å². The average Bonchev–Trinajstić information content (AvgIpc) is 3.31. The Morgan fingerprint density at radius 2 is 1.57 bits per heavy atom. The third-order valence-corrected chi connectivity index (χ3v) is 8.06. The number of carbonyl (C=O) groups excluding carboxylic acids is 2. The van der Waals surface area contributed by atoms with Gasteiger partial charge in [-0.1, -0.05) is 0 Å². The molecule has 0 bridgehead atoms. The van der Waals surface area contributed by atoms with E-state index in [0.29, 0.717) is 5.75 Å². The summed E-state index contributed by atoms with van der Waals surface area (Å²) < 4.78 is 70.7. The number of pyridine rings is 1. The Labute approximate surface area is 251 Å². The lowest BCUT2D eigenvalue weighted by molar-refractivity contribution is -0.118. The van der Waals surface area contributed by atoms with E-state index in [0.717, 1.165) is 43.8 Å². The number of rotatable bonds is 9. The smallest absolute Gasteiger partial charge is 0.387 e. The van der Waals surface area contributed by atoms with Crippen LogP contribution < -0.4 is 24.4 Å². The maximum atomic E-state index is 15.4. The molecule has 2 saturated heterocycles. The second-order valence-electron chi connectivity index (χ2n) is 10.8. The zero-order chi connectivity index (χ0) is 31.5. The summed E-state index contributed by atoms with van der Waals surface area (Å²) >= 11 is 0. The van der Waals surface area contributed by atoms with Gasteiger partial charge in [0, 0.05) is 59.5 Å². The number of piperidine rings is 1. The number of hydrogen-bond donors (Lipinski definition) is 1. The van der Waals surface area contributed by atoms with Crippen LogP contribution >= 0.6 is 0 Å². The highest BCUT2D eigenvalue weighted by atomic mass is 19.3. The van der Waals surface area contributed by atoms with Gasteiger partial charge in [0.15, 0.2) is 0 Å². The molecule has 2 amide bonds. The normalized spacial score (nSPS) is 19.4. The predicted octanol–water partition coefficient (Wildman–Crippen LogP) is 4.72. The van der Waals surface area contributed by atoms with Crippen molar-refractivity contribution >= 4 is 17.6 Å². The van der Waals surface area contributed by atoms with E-state index in [4.69, 9.17) is 14.5 Å². The van der Waals surface area contributed by atoms with Crippen LogP contribution in [-0.4, -0.2) is 75.3 Å². The van der Waals surface area contributed by atoms with Crippen LogP contribution in [0.15, 0.2) is 48.5 Å². The number of nitrogens with zero attached hydrogens (tertiary/aromatic N) is 3. The topological polar surface area (TPSA) is 93.2 Å². The molecule has 0 spiro atoms. The Bertz CT molecular complexity index is 1490. The third kappa shape index (κ3) is 6.57. The largest absolute Gasteiger partial charge is 0.497 e. The maximum Gasteiger partial charge on any atom is 0.387 e. The summed E-state index contributed by atoms with van der Waals surface area (Å²) in [6.07, 6.45) is 1.71. The first-order valence-electron chi connectivity index (χ1n) is 14.0. The minimum Gasteiger partial charge on any atom is -0.497 e. The van der Waals surface area contributed by atoms with Crippen molar-refractivity contribution < 1.29 is 41.4 Å². The van der Waals surface area contributed by atoms with Gasteiger partial charge in [-0.15, -0.1) is 0 Å². The Hall–Kier alpha value is -4.39. The van der Waals surface area contributed by atoms with Gasteiger partial charge in [-0.25, -0.2) is 13.8 Å². The van der Waals surface area contributed by atoms with Crippen LogP contribution in [0.2, 0.25) is 0 Å². The Kier molecular flexibility index (Phi) is 9.23. The molecule has 3 aromatic rings. The van der Waals surface area contributed by atoms with Gasteiger partial charge in [-0.05, 0) is 57.2 Å². The fourth-order valence-electron chi connectivity index (χ4n) is 5.69. The molecule has 0 unspecified atom stereocenters. The fourth-order valence-corrected chi connectivity index (χ4v) is 5.69. The Balaban J connectivity index is 1.50. The van der Waals surface area contributed by atoms with E-state index in [-0.39, 0.29) is 35.3 Å². The highest BCUT2D eigenvalue weighted by Gasteiger charge is 2.46. The summed E-state index contributed by atoms with van der Waals surface area (Å²) in [5.74, 6) is -3.82. The number of carbonyl (C=O) groups is 2. The Morgan fingerprint density at radius 1 is 0.955 bits per heavy atom. The molecule has 0 radical (unpaired) electrons. The van der Waals surface area contributed by atoms with E-state index in [1.165, 1.54) is 43.4 Å². The van der Waals surface area contributed by atoms with Gasteiger partial charge in [-0.3, -0.25) is 14.5 Å². The number of methoxy groups -OCH3 is 2. The Morgan fingerprint density at radius 3 is 2.16 bits per heavy atom. The lowest BCUT2D eigenvalue weighted by Gasteiger charge is -2.29. The van der Waals surface area contributed by atoms with E-state index < -0.39 is 47.6 Å². The second-order valence-corrected chi connectivity index (χ2v) is 10.8. The van der Waals surface area contributed by atoms with Crippen molar-refractivity contribution in [3.05, 3.63) is 77.0 Å². The molecule has 0 saturated carbocycles. The summed E-state index contributed by atoms with van der Waals surface area (Å²) in [6, 6.07) is 8.85. The van der Waals surface area contributed by atoms with Gasteiger partial charge >= 0.3 is 6.61 Å². The van der Waals surface area contributed by atoms with Gasteiger partial charge in [-0.2, -0.15) is 8.78 Å². The molecule has 2 aliphatic rings. The number of nitrogens with one attached hydrogen (secondary N) is 1. The summed E-state index contributed by atoms with van der Waals surface area (Å²) in [4.78, 5) is 35.5. The van der Waals surface area contributed by atoms with Gasteiger partial charge in [0.1, 0.15) is 40.7 Å². The summed E-state index contributed by atoms with van der Waals surface area (Å²) in [5.41, 5.74) is 0.361. The molecule has 9 nitrogen and oxygen atoms in total. The molecular formula is C31H32F4N4O5. The minimum absolute atomic E-state index is 0.0244. The first-order valence-corrected chi connectivity index (χ1v) is 14.0. The van der Waals surface area contributed by atoms with Gasteiger partial charge in [0.25, 0.3) is 11.8 Å². The molecule has 1 N–H and O–H groups in total. The minimum atomic E-state index is -3.04. The molecule has 44 heavy (non-hydrogen) atoms. The molecule has 5 rings (SSSR count). The van der Waals surface area contributed by atoms with Crippen molar-refractivity contribution in [3.8, 4) is 17.2 Å². The number of halogens is 4. The van der Waals surface area contributed by atoms with Crippen molar-refractivity contribution in [3.63, 3.8) is 0 Å². The average molecular weight is 617 g/mol. The van der Waals surface area contributed by atoms with E-state index in [1.54, 1.807) is 6.07 Å². The van der Waals surface area contributed by atoms with Gasteiger partial charge < -0.3 is 24.4 Å². The number of alkyl halides is 2. The SMILES string of the molecule is COc1cc(C2CCN(C)CC2)nc(N2C[C@@H](c3c(F)cc(OC)cc3F)[C@H](NC(=O)c3ccc(OC(F)F)cc3)C2=O)c1. The number of anilines is 1. The molecule has 0 aliphatic carbocycles. The number of hydrogen-bond acceptors (Lipinski definition) is 7. The van der Waals surface area contributed by atoms with Crippen molar-refractivity contribution in [2.45, 2.75) is 37.3 Å². The van der Waals surface area contributed by atoms with Crippen LogP contribution in [0, 0.1) is 11.6 Å². The van der Waals surface area contributed by atoms with Crippen molar-refractivity contribution in [2.24, 2.45) is 0 Å². The first-order chi connectivity index (χ1) is 21.1. The molecule has 2 aromatic carbocycles. The lowest BCUT2D eigenvalue weighted by Crippen LogP contribution is -2.44. The quantitative estimate of drug-likeness (QED) is 0.348. The highest BCUT2D eigenvalue weighted by molar-refractivity contribution is 6.04. The van der Waals surface area contributed by atoms with Crippen LogP contribution in [0.1, 0.15) is 46.3 Å². The fraction of sp³-hybridized carbons (Fsp3) is 0.387. The lowest BCUT2D eigenvalue weighted by atomic mass is 9.92. The highest BCUT2D eigenvalue weighted by Crippen LogP contribution is 2.38. The number of likely N-dealkylation sites (tertiary alicyclic amines) is 1. The third-order valence-electron chi connectivity index (χ3n) is 8.06. The van der Waals surface area contributed by atoms with Gasteiger partial charge in [0.05, 0.1) is 14.2 Å². The number of aromatic nitrogens is 1. The van der Waals surface area contributed by atoms with E-state index in [2.05, 4.69) is 15.0 Å². The van der Waals surface area contributed by atoms with Crippen molar-refractivity contribution in [1.82, 2.24) is 15.2 Å². The molecule has 13 heteroatoms. The zero-order valence-electron chi connectivity index (χ0n) is 24.4. The maximum absolute atomic E-state index is 15.4. The monoisotopic (exact) mass is 616 g/mol. The number of amides is 2. The number of ether oxygens (including phenoxy) is 3. The molecular weight excluding hydrogens is 584 g/mol. The van der Waals surface area contributed by atoms with Crippen LogP contribution in [0.5, 0.6) is 17.2 Å². The summed E-state index contributed by atoms with van der Waals surface area (Å²) in [5, 5.41) is 2.60. The van der Waals surface area contributed by atoms with Crippen LogP contribution in [0.3, 0.4) is 0 Å². The molecule has 3 heterocycles. The molecule has 2 fully saturated rings.